The molecule has 0 amide bonds. The number of nitrogens with zero attached hydrogens (tertiary/aromatic N) is 3. The molecule has 238 valence electrons. The van der Waals surface area contributed by atoms with Gasteiger partial charge in [-0.1, -0.05) is 121 Å². The maximum atomic E-state index is 9.33. The van der Waals surface area contributed by atoms with Gasteiger partial charge < -0.3 is 13.7 Å². The summed E-state index contributed by atoms with van der Waals surface area (Å²) in [5, 5.41) is -0.151. The normalized spacial score (nSPS) is 17.4. The molecule has 0 bridgehead atoms. The van der Waals surface area contributed by atoms with Crippen LogP contribution in [0.4, 0.5) is 0 Å². The lowest BCUT2D eigenvalue weighted by Crippen LogP contribution is -1.99. The SMILES string of the molecule is [2H]c1c([2H])c([2H])c2c(c1[2H])c1cc(-n3c4c([2H])c([2H])c([2H])c([2H])c4c4c([2H])c([2H])c([2H])c([2H])c43)ccc1n2-c1ccccc1-c1cccc(-n2c3c([2H])c([2H])c([2H])c([2H])c3c3c([2H])c([2H])c([2H])c([2H])c32)c1. The number of para-hydroxylation sites is 6. The van der Waals surface area contributed by atoms with Crippen LogP contribution < -0.4 is 0 Å². The highest BCUT2D eigenvalue weighted by atomic mass is 15.0. The molecule has 0 atom stereocenters. The average molecular weight is 670 g/mol. The Labute approximate surface area is 322 Å². The number of fused-ring (bicyclic) bond motifs is 9. The van der Waals surface area contributed by atoms with Crippen molar-refractivity contribution in [1.29, 1.82) is 0 Å². The van der Waals surface area contributed by atoms with Gasteiger partial charge in [-0.15, -0.1) is 0 Å². The van der Waals surface area contributed by atoms with Crippen molar-refractivity contribution in [3.05, 3.63) is 188 Å². The Bertz CT molecular complexity index is 4150. The third-order valence-electron chi connectivity index (χ3n) is 9.27. The highest BCUT2D eigenvalue weighted by Gasteiger charge is 2.19. The summed E-state index contributed by atoms with van der Waals surface area (Å²) in [7, 11) is 0. The van der Waals surface area contributed by atoms with E-state index in [1.807, 2.05) is 0 Å². The molecule has 0 saturated heterocycles. The van der Waals surface area contributed by atoms with Gasteiger partial charge in [0.25, 0.3) is 0 Å². The highest BCUT2D eigenvalue weighted by molar-refractivity contribution is 6.13. The fraction of sp³-hybridized carbons (Fsp3) is 0. The van der Waals surface area contributed by atoms with Gasteiger partial charge in [-0.3, -0.25) is 0 Å². The van der Waals surface area contributed by atoms with Crippen LogP contribution in [-0.4, -0.2) is 13.7 Å². The quantitative estimate of drug-likeness (QED) is 0.177. The summed E-state index contributed by atoms with van der Waals surface area (Å²) in [6.07, 6.45) is 0. The third-order valence-corrected chi connectivity index (χ3v) is 9.27. The molecule has 11 aromatic rings. The van der Waals surface area contributed by atoms with Crippen LogP contribution in [0.2, 0.25) is 0 Å². The molecule has 8 aromatic carbocycles. The Hall–Kier alpha value is -6.84. The lowest BCUT2D eigenvalue weighted by atomic mass is 10.0. The largest absolute Gasteiger partial charge is 0.309 e. The number of hydrogen-bond donors (Lipinski definition) is 0. The van der Waals surface area contributed by atoms with Gasteiger partial charge in [0.2, 0.25) is 0 Å². The van der Waals surface area contributed by atoms with E-state index in [0.29, 0.717) is 22.3 Å². The fourth-order valence-electron chi connectivity index (χ4n) is 7.18. The lowest BCUT2D eigenvalue weighted by Gasteiger charge is -2.16. The third kappa shape index (κ3) is 4.06. The maximum Gasteiger partial charge on any atom is 0.0645 e. The minimum atomic E-state index is -0.610. The number of aromatic nitrogens is 3. The number of rotatable bonds is 4. The highest BCUT2D eigenvalue weighted by Crippen LogP contribution is 2.40. The van der Waals surface area contributed by atoms with Crippen LogP contribution in [-0.2, 0) is 0 Å². The molecule has 3 aromatic heterocycles. The van der Waals surface area contributed by atoms with Crippen molar-refractivity contribution in [3.8, 4) is 28.2 Å². The summed E-state index contributed by atoms with van der Waals surface area (Å²) < 4.78 is 180. The van der Waals surface area contributed by atoms with Gasteiger partial charge >= 0.3 is 0 Å². The zero-order chi connectivity index (χ0) is 50.9. The first-order valence-electron chi connectivity index (χ1n) is 25.9. The standard InChI is InChI=1S/C48H31N3/c1-7-22-42(35(16-1)32-14-13-15-33(30-32)49-43-23-8-2-17-36(43)37-18-3-9-24-44(37)49)51-47-27-12-6-21-40(47)41-31-34(28-29-48(41)51)50-45-25-10-4-19-38(45)39-20-5-11-26-46(39)50/h1-31H/i2D,3D,4D,5D,6D,8D,9D,10D,11D,12D,17D,18D,19D,20D,21D,23D,24D,25D,26D,27D. The van der Waals surface area contributed by atoms with E-state index in [1.54, 1.807) is 71.3 Å². The molecule has 0 radical (unpaired) electrons. The molecule has 0 N–H and O–H groups in total. The molecule has 0 saturated carbocycles. The van der Waals surface area contributed by atoms with Gasteiger partial charge in [0, 0.05) is 49.3 Å². The van der Waals surface area contributed by atoms with Crippen molar-refractivity contribution in [1.82, 2.24) is 13.7 Å². The van der Waals surface area contributed by atoms with Crippen molar-refractivity contribution in [3.63, 3.8) is 0 Å². The van der Waals surface area contributed by atoms with E-state index in [-0.39, 0.29) is 71.3 Å². The minimum Gasteiger partial charge on any atom is -0.309 e. The van der Waals surface area contributed by atoms with Crippen molar-refractivity contribution < 1.29 is 27.4 Å². The second kappa shape index (κ2) is 10.8. The Morgan fingerprint density at radius 1 is 0.333 bits per heavy atom. The van der Waals surface area contributed by atoms with Gasteiger partial charge in [0.15, 0.2) is 0 Å². The molecule has 0 aliphatic carbocycles. The summed E-state index contributed by atoms with van der Waals surface area (Å²) in [5.74, 6) is 0. The van der Waals surface area contributed by atoms with E-state index < -0.39 is 121 Å². The molecule has 3 nitrogen and oxygen atoms in total. The maximum absolute atomic E-state index is 9.33. The van der Waals surface area contributed by atoms with Crippen LogP contribution in [0.15, 0.2) is 188 Å². The van der Waals surface area contributed by atoms with E-state index >= 15 is 0 Å². The molecular weight excluding hydrogens is 619 g/mol. The molecular formula is C48H31N3. The van der Waals surface area contributed by atoms with Gasteiger partial charge in [0.1, 0.15) is 0 Å². The van der Waals surface area contributed by atoms with E-state index in [2.05, 4.69) is 0 Å². The van der Waals surface area contributed by atoms with Crippen LogP contribution in [0.3, 0.4) is 0 Å². The second-order valence-electron chi connectivity index (χ2n) is 11.9. The van der Waals surface area contributed by atoms with Crippen molar-refractivity contribution in [2.24, 2.45) is 0 Å². The van der Waals surface area contributed by atoms with Crippen LogP contribution in [0.1, 0.15) is 27.4 Å². The number of hydrogen-bond acceptors (Lipinski definition) is 0. The Kier molecular flexibility index (Phi) is 3.18. The summed E-state index contributed by atoms with van der Waals surface area (Å²) >= 11 is 0. The molecule has 0 spiro atoms. The van der Waals surface area contributed by atoms with Crippen molar-refractivity contribution >= 4 is 65.4 Å². The molecule has 0 aliphatic heterocycles. The van der Waals surface area contributed by atoms with E-state index in [9.17, 15) is 2.74 Å². The zero-order valence-corrected chi connectivity index (χ0v) is 26.2. The Morgan fingerprint density at radius 3 is 1.33 bits per heavy atom. The fourth-order valence-corrected chi connectivity index (χ4v) is 7.18. The lowest BCUT2D eigenvalue weighted by molar-refractivity contribution is 1.16. The average Bonchev–Trinajstić information content (AvgIpc) is 4.04. The van der Waals surface area contributed by atoms with E-state index in [1.165, 1.54) is 9.13 Å². The molecule has 3 heteroatoms. The van der Waals surface area contributed by atoms with Gasteiger partial charge in [-0.25, -0.2) is 0 Å². The molecule has 0 unspecified atom stereocenters. The smallest absolute Gasteiger partial charge is 0.0645 e. The summed E-state index contributed by atoms with van der Waals surface area (Å²) in [4.78, 5) is 0. The first-order valence-corrected chi connectivity index (χ1v) is 15.9. The van der Waals surface area contributed by atoms with E-state index in [4.69, 9.17) is 24.7 Å². The second-order valence-corrected chi connectivity index (χ2v) is 11.9. The summed E-state index contributed by atoms with van der Waals surface area (Å²) in [6, 6.07) is 7.74. The topological polar surface area (TPSA) is 14.8 Å². The van der Waals surface area contributed by atoms with Gasteiger partial charge in [0.05, 0.1) is 66.2 Å². The van der Waals surface area contributed by atoms with Crippen LogP contribution in [0.25, 0.3) is 93.6 Å². The Balaban J connectivity index is 1.22. The van der Waals surface area contributed by atoms with Crippen LogP contribution >= 0.6 is 0 Å². The van der Waals surface area contributed by atoms with Crippen molar-refractivity contribution in [2.75, 3.05) is 0 Å². The monoisotopic (exact) mass is 669 g/mol. The number of benzene rings is 8. The molecule has 0 fully saturated rings. The molecule has 0 aliphatic rings. The summed E-state index contributed by atoms with van der Waals surface area (Å²) in [6.45, 7) is 0. The zero-order valence-electron chi connectivity index (χ0n) is 46.2. The molecule has 3 heterocycles. The van der Waals surface area contributed by atoms with Crippen LogP contribution in [0, 0.1) is 0 Å². The Morgan fingerprint density at radius 2 is 0.784 bits per heavy atom. The summed E-state index contributed by atoms with van der Waals surface area (Å²) in [5.41, 5.74) is 1.76. The van der Waals surface area contributed by atoms with Gasteiger partial charge in [-0.2, -0.15) is 0 Å². The first-order chi connectivity index (χ1) is 33.6. The predicted molar refractivity (Wildman–Crippen MR) is 215 cm³/mol. The minimum absolute atomic E-state index is 0.0483. The molecule has 11 rings (SSSR count). The predicted octanol–water partition coefficient (Wildman–Crippen LogP) is 12.6. The first kappa shape index (κ1) is 15.0. The van der Waals surface area contributed by atoms with Gasteiger partial charge in [-0.05, 0) is 72.2 Å². The van der Waals surface area contributed by atoms with E-state index in [0.717, 1.165) is 0 Å². The molecule has 51 heavy (non-hydrogen) atoms. The van der Waals surface area contributed by atoms with Crippen molar-refractivity contribution in [2.45, 2.75) is 0 Å². The van der Waals surface area contributed by atoms with Crippen LogP contribution in [0.5, 0.6) is 0 Å².